The lowest BCUT2D eigenvalue weighted by atomic mass is 10.3. The number of hydrogen-bond acceptors (Lipinski definition) is 4. The molecule has 0 bridgehead atoms. The molecule has 0 saturated carbocycles. The Kier molecular flexibility index (Phi) is 2.22. The predicted molar refractivity (Wildman–Crippen MR) is 47.9 cm³/mol. The highest BCUT2D eigenvalue weighted by atomic mass is 16.5. The van der Waals surface area contributed by atoms with Gasteiger partial charge in [-0.1, -0.05) is 5.16 Å². The lowest BCUT2D eigenvalue weighted by Gasteiger charge is -2.10. The molecule has 4 nitrogen and oxygen atoms in total. The summed E-state index contributed by atoms with van der Waals surface area (Å²) in [6.45, 7) is 5.73. The van der Waals surface area contributed by atoms with Gasteiger partial charge in [-0.25, -0.2) is 0 Å². The van der Waals surface area contributed by atoms with E-state index >= 15 is 0 Å². The van der Waals surface area contributed by atoms with E-state index < -0.39 is 0 Å². The molecule has 1 N–H and O–H groups in total. The van der Waals surface area contributed by atoms with Gasteiger partial charge >= 0.3 is 0 Å². The predicted octanol–water partition coefficient (Wildman–Crippen LogP) is 1.03. The maximum absolute atomic E-state index is 5.76. The van der Waals surface area contributed by atoms with Crippen molar-refractivity contribution in [2.45, 2.75) is 26.4 Å². The standard InChI is InChI=1S/C9H14N2O2/c1-6-9(7(2)13-11-6)12-8-3-4-10-5-8/h8,10H,3-5H2,1-2H3. The molecule has 1 aliphatic heterocycles. The zero-order chi connectivity index (χ0) is 9.26. The van der Waals surface area contributed by atoms with Crippen LogP contribution >= 0.6 is 0 Å². The first-order chi connectivity index (χ1) is 6.27. The lowest BCUT2D eigenvalue weighted by molar-refractivity contribution is 0.217. The molecule has 1 aromatic heterocycles. The summed E-state index contributed by atoms with van der Waals surface area (Å²) in [5.74, 6) is 1.58. The summed E-state index contributed by atoms with van der Waals surface area (Å²) >= 11 is 0. The van der Waals surface area contributed by atoms with Gasteiger partial charge < -0.3 is 14.6 Å². The minimum absolute atomic E-state index is 0.275. The van der Waals surface area contributed by atoms with E-state index in [0.717, 1.165) is 36.7 Å². The average molecular weight is 182 g/mol. The molecule has 0 aliphatic carbocycles. The van der Waals surface area contributed by atoms with Gasteiger partial charge in [0.1, 0.15) is 11.8 Å². The molecule has 1 fully saturated rings. The molecule has 72 valence electrons. The largest absolute Gasteiger partial charge is 0.483 e. The topological polar surface area (TPSA) is 47.3 Å². The third-order valence-corrected chi connectivity index (χ3v) is 2.27. The monoisotopic (exact) mass is 182 g/mol. The van der Waals surface area contributed by atoms with Crippen LogP contribution in [0, 0.1) is 13.8 Å². The summed E-state index contributed by atoms with van der Waals surface area (Å²) in [5, 5.41) is 7.09. The van der Waals surface area contributed by atoms with Crippen LogP contribution in [0.15, 0.2) is 4.52 Å². The third-order valence-electron chi connectivity index (χ3n) is 2.27. The zero-order valence-electron chi connectivity index (χ0n) is 7.96. The Morgan fingerprint density at radius 3 is 2.92 bits per heavy atom. The fourth-order valence-electron chi connectivity index (χ4n) is 1.54. The van der Waals surface area contributed by atoms with E-state index in [1.807, 2.05) is 13.8 Å². The van der Waals surface area contributed by atoms with Crippen LogP contribution in [0.1, 0.15) is 17.9 Å². The van der Waals surface area contributed by atoms with Gasteiger partial charge in [-0.2, -0.15) is 0 Å². The summed E-state index contributed by atoms with van der Waals surface area (Å²) in [5.41, 5.74) is 0.837. The molecule has 4 heteroatoms. The van der Waals surface area contributed by atoms with Crippen LogP contribution in [0.25, 0.3) is 0 Å². The molecule has 0 radical (unpaired) electrons. The number of rotatable bonds is 2. The molecule has 1 unspecified atom stereocenters. The molecular weight excluding hydrogens is 168 g/mol. The lowest BCUT2D eigenvalue weighted by Crippen LogP contribution is -2.20. The highest BCUT2D eigenvalue weighted by molar-refractivity contribution is 5.28. The third kappa shape index (κ3) is 1.67. The van der Waals surface area contributed by atoms with Crippen molar-refractivity contribution >= 4 is 0 Å². The molecule has 0 spiro atoms. The highest BCUT2D eigenvalue weighted by Gasteiger charge is 2.19. The number of hydrogen-bond donors (Lipinski definition) is 1. The first-order valence-corrected chi connectivity index (χ1v) is 4.57. The van der Waals surface area contributed by atoms with E-state index in [0.29, 0.717) is 0 Å². The molecule has 0 amide bonds. The summed E-state index contributed by atoms with van der Waals surface area (Å²) in [7, 11) is 0. The number of aryl methyl sites for hydroxylation is 2. The van der Waals surface area contributed by atoms with Crippen molar-refractivity contribution in [2.75, 3.05) is 13.1 Å². The minimum Gasteiger partial charge on any atom is -0.483 e. The second-order valence-electron chi connectivity index (χ2n) is 3.39. The molecule has 1 aliphatic rings. The maximum atomic E-state index is 5.76. The first-order valence-electron chi connectivity index (χ1n) is 4.57. The highest BCUT2D eigenvalue weighted by Crippen LogP contribution is 2.24. The van der Waals surface area contributed by atoms with E-state index in [4.69, 9.17) is 9.26 Å². The Hall–Kier alpha value is -1.03. The van der Waals surface area contributed by atoms with Gasteiger partial charge in [0, 0.05) is 13.5 Å². The fraction of sp³-hybridized carbons (Fsp3) is 0.667. The van der Waals surface area contributed by atoms with E-state index in [2.05, 4.69) is 10.5 Å². The number of nitrogens with one attached hydrogen (secondary N) is 1. The SMILES string of the molecule is Cc1noc(C)c1OC1CCNC1. The van der Waals surface area contributed by atoms with E-state index in [9.17, 15) is 0 Å². The van der Waals surface area contributed by atoms with Crippen molar-refractivity contribution in [1.29, 1.82) is 0 Å². The number of nitrogens with zero attached hydrogens (tertiary/aromatic N) is 1. The summed E-state index contributed by atoms with van der Waals surface area (Å²) in [4.78, 5) is 0. The molecule has 1 saturated heterocycles. The Morgan fingerprint density at radius 2 is 2.38 bits per heavy atom. The Balaban J connectivity index is 2.07. The summed E-state index contributed by atoms with van der Waals surface area (Å²) < 4.78 is 10.8. The Labute approximate surface area is 77.2 Å². The fourth-order valence-corrected chi connectivity index (χ4v) is 1.54. The Bertz CT molecular complexity index is 270. The van der Waals surface area contributed by atoms with Crippen molar-refractivity contribution < 1.29 is 9.26 Å². The quantitative estimate of drug-likeness (QED) is 0.742. The van der Waals surface area contributed by atoms with Crippen LogP contribution < -0.4 is 10.1 Å². The van der Waals surface area contributed by atoms with Gasteiger partial charge in [0.25, 0.3) is 0 Å². The number of ether oxygens (including phenoxy) is 1. The van der Waals surface area contributed by atoms with Crippen LogP contribution in [0.3, 0.4) is 0 Å². The number of aromatic nitrogens is 1. The summed E-state index contributed by atoms with van der Waals surface area (Å²) in [6.07, 6.45) is 1.33. The van der Waals surface area contributed by atoms with E-state index in [-0.39, 0.29) is 6.10 Å². The van der Waals surface area contributed by atoms with Gasteiger partial charge in [0.05, 0.1) is 0 Å². The first kappa shape index (κ1) is 8.56. The van der Waals surface area contributed by atoms with Gasteiger partial charge in [0.2, 0.25) is 0 Å². The second kappa shape index (κ2) is 3.38. The van der Waals surface area contributed by atoms with Gasteiger partial charge in [-0.3, -0.25) is 0 Å². The van der Waals surface area contributed by atoms with Gasteiger partial charge in [-0.15, -0.1) is 0 Å². The van der Waals surface area contributed by atoms with Crippen LogP contribution in [-0.2, 0) is 0 Å². The van der Waals surface area contributed by atoms with Crippen LogP contribution in [0.4, 0.5) is 0 Å². The molecule has 2 heterocycles. The van der Waals surface area contributed by atoms with Crippen LogP contribution in [-0.4, -0.2) is 24.4 Å². The van der Waals surface area contributed by atoms with Crippen LogP contribution in [0.5, 0.6) is 5.75 Å². The van der Waals surface area contributed by atoms with Gasteiger partial charge in [0.15, 0.2) is 11.5 Å². The zero-order valence-corrected chi connectivity index (χ0v) is 7.96. The van der Waals surface area contributed by atoms with Crippen molar-refractivity contribution in [1.82, 2.24) is 10.5 Å². The van der Waals surface area contributed by atoms with E-state index in [1.54, 1.807) is 0 Å². The normalized spacial score (nSPS) is 22.2. The average Bonchev–Trinajstić information content (AvgIpc) is 2.70. The van der Waals surface area contributed by atoms with Crippen molar-refractivity contribution in [3.05, 3.63) is 11.5 Å². The van der Waals surface area contributed by atoms with Crippen LogP contribution in [0.2, 0.25) is 0 Å². The molecule has 0 aromatic carbocycles. The minimum atomic E-state index is 0.275. The second-order valence-corrected chi connectivity index (χ2v) is 3.39. The van der Waals surface area contributed by atoms with E-state index in [1.165, 1.54) is 0 Å². The molecule has 2 rings (SSSR count). The molecule has 13 heavy (non-hydrogen) atoms. The van der Waals surface area contributed by atoms with Crippen molar-refractivity contribution in [3.8, 4) is 5.75 Å². The van der Waals surface area contributed by atoms with Crippen molar-refractivity contribution in [2.24, 2.45) is 0 Å². The van der Waals surface area contributed by atoms with Crippen molar-refractivity contribution in [3.63, 3.8) is 0 Å². The van der Waals surface area contributed by atoms with Gasteiger partial charge in [-0.05, 0) is 19.9 Å². The molecule has 1 atom stereocenters. The molecular formula is C9H14N2O2. The molecule has 1 aromatic rings. The smallest absolute Gasteiger partial charge is 0.185 e. The Morgan fingerprint density at radius 1 is 1.54 bits per heavy atom. The summed E-state index contributed by atoms with van der Waals surface area (Å²) in [6, 6.07) is 0. The maximum Gasteiger partial charge on any atom is 0.185 e.